The normalized spacial score (nSPS) is 16.2. The number of amides is 2. The number of fused-ring (bicyclic) bond motifs is 2. The smallest absolute Gasteiger partial charge is 0.445 e. The van der Waals surface area contributed by atoms with Gasteiger partial charge in [-0.2, -0.15) is 52.7 Å². The molecule has 76 heavy (non-hydrogen) atoms. The van der Waals surface area contributed by atoms with Crippen molar-refractivity contribution in [2.45, 2.75) is 62.8 Å². The Labute approximate surface area is 421 Å². The molecule has 2 aromatic heterocycles. The number of benzene rings is 4. The fraction of sp³-hybridized carbons (Fsp3) is 0.333. The van der Waals surface area contributed by atoms with Crippen LogP contribution in [-0.4, -0.2) is 129 Å². The number of piperazine rings is 2. The third kappa shape index (κ3) is 15.4. The Kier molecular flexibility index (Phi) is 18.3. The van der Waals surface area contributed by atoms with Crippen molar-refractivity contribution in [2.24, 2.45) is 0 Å². The fourth-order valence-corrected chi connectivity index (χ4v) is 7.52. The number of H-pyrrole nitrogens is 2. The minimum Gasteiger partial charge on any atom is -0.445 e. The number of carbonyl (C=O) groups is 6. The highest BCUT2D eigenvalue weighted by Gasteiger charge is 2.55. The largest absolute Gasteiger partial charge is 0.458 e. The highest BCUT2D eigenvalue weighted by Crippen LogP contribution is 2.29. The summed E-state index contributed by atoms with van der Waals surface area (Å²) in [6.45, 7) is 4.14. The van der Waals surface area contributed by atoms with Gasteiger partial charge in [0.05, 0.1) is 22.1 Å². The summed E-state index contributed by atoms with van der Waals surface area (Å²) in [7, 11) is 0. The Morgan fingerprint density at radius 1 is 0.474 bits per heavy atom. The molecule has 4 N–H and O–H groups in total. The molecular formula is C48H42F12N8O8. The molecule has 0 saturated carbocycles. The van der Waals surface area contributed by atoms with Crippen LogP contribution in [0.25, 0.3) is 22.1 Å². The SMILES string of the molecule is O=C(C(=O)C(F)(F)F)C(F)(F)F.O=C(C(=O)C(F)(F)F)C(F)(F)F.O=C(OCc1ccccc1)N1CCNC[C@H]1c1nc2ccc(CCc3ccc4nc([C@@H]5CNCCN5C(=O)OCc5ccccc5)[nH]c4c3)cc2[nH]1. The second-order valence-corrected chi connectivity index (χ2v) is 16.7. The number of rotatable bonds is 11. The van der Waals surface area contributed by atoms with Crippen LogP contribution in [0, 0.1) is 0 Å². The number of nitrogens with one attached hydrogen (secondary N) is 4. The van der Waals surface area contributed by atoms with Crippen molar-refractivity contribution >= 4 is 57.4 Å². The zero-order chi connectivity index (χ0) is 55.6. The van der Waals surface area contributed by atoms with Gasteiger partial charge in [-0.25, -0.2) is 19.6 Å². The van der Waals surface area contributed by atoms with Gasteiger partial charge in [-0.1, -0.05) is 72.8 Å². The van der Waals surface area contributed by atoms with Crippen LogP contribution in [0.4, 0.5) is 62.3 Å². The van der Waals surface area contributed by atoms with Gasteiger partial charge in [-0.15, -0.1) is 0 Å². The van der Waals surface area contributed by atoms with Crippen LogP contribution >= 0.6 is 0 Å². The van der Waals surface area contributed by atoms with Gasteiger partial charge >= 0.3 is 60.0 Å². The van der Waals surface area contributed by atoms with Crippen molar-refractivity contribution in [3.63, 3.8) is 0 Å². The second kappa shape index (κ2) is 24.2. The molecule has 16 nitrogen and oxygen atoms in total. The lowest BCUT2D eigenvalue weighted by atomic mass is 10.0. The summed E-state index contributed by atoms with van der Waals surface area (Å²) in [6, 6.07) is 31.5. The predicted molar refractivity (Wildman–Crippen MR) is 242 cm³/mol. The molecule has 2 saturated heterocycles. The molecule has 4 aromatic carbocycles. The van der Waals surface area contributed by atoms with Gasteiger partial charge in [0.15, 0.2) is 0 Å². The van der Waals surface area contributed by atoms with E-state index in [1.165, 1.54) is 11.1 Å². The monoisotopic (exact) mass is 1090 g/mol. The number of hydrogen-bond acceptors (Lipinski definition) is 12. The summed E-state index contributed by atoms with van der Waals surface area (Å²) in [5, 5.41) is 6.79. The Balaban J connectivity index is 0.000000324. The average molecular weight is 1090 g/mol. The van der Waals surface area contributed by atoms with Crippen molar-refractivity contribution in [1.29, 1.82) is 0 Å². The van der Waals surface area contributed by atoms with Crippen molar-refractivity contribution < 1.29 is 90.9 Å². The summed E-state index contributed by atoms with van der Waals surface area (Å²) in [5.74, 6) is -12.1. The van der Waals surface area contributed by atoms with E-state index in [1.54, 1.807) is 9.80 Å². The first-order valence-electron chi connectivity index (χ1n) is 22.5. The van der Waals surface area contributed by atoms with Crippen molar-refractivity contribution in [3.8, 4) is 0 Å². The van der Waals surface area contributed by atoms with Gasteiger partial charge < -0.3 is 30.1 Å². The predicted octanol–water partition coefficient (Wildman–Crippen LogP) is 8.29. The molecule has 6 aromatic rings. The minimum absolute atomic E-state index is 0.233. The number of imidazole rings is 2. The molecule has 0 bridgehead atoms. The van der Waals surface area contributed by atoms with Crippen LogP contribution in [-0.2, 0) is 54.7 Å². The fourth-order valence-electron chi connectivity index (χ4n) is 7.52. The molecule has 4 heterocycles. The second-order valence-electron chi connectivity index (χ2n) is 16.7. The van der Waals surface area contributed by atoms with Gasteiger partial charge in [0.2, 0.25) is 0 Å². The Morgan fingerprint density at radius 3 is 1.12 bits per heavy atom. The highest BCUT2D eigenvalue weighted by molar-refractivity contribution is 6.41. The van der Waals surface area contributed by atoms with E-state index in [1.807, 2.05) is 72.8 Å². The van der Waals surface area contributed by atoms with Gasteiger partial charge in [-0.3, -0.25) is 29.0 Å². The van der Waals surface area contributed by atoms with E-state index >= 15 is 0 Å². The third-order valence-corrected chi connectivity index (χ3v) is 11.3. The van der Waals surface area contributed by atoms with Crippen LogP contribution in [0.1, 0.15) is 46.0 Å². The number of aromatic amines is 2. The van der Waals surface area contributed by atoms with Crippen LogP contribution < -0.4 is 10.6 Å². The van der Waals surface area contributed by atoms with Crippen LogP contribution in [0.5, 0.6) is 0 Å². The number of nitrogens with zero attached hydrogens (tertiary/aromatic N) is 4. The Bertz CT molecular complexity index is 2770. The first-order valence-corrected chi connectivity index (χ1v) is 22.5. The van der Waals surface area contributed by atoms with Gasteiger partial charge in [0.1, 0.15) is 36.9 Å². The minimum atomic E-state index is -5.77. The summed E-state index contributed by atoms with van der Waals surface area (Å²) in [6.07, 6.45) is -22.1. The summed E-state index contributed by atoms with van der Waals surface area (Å²) in [4.78, 5) is 85.0. The standard InChI is InChI=1S/C40H42N8O4.2C4F6O2/c49-39(51-25-29-7-3-1-4-8-29)47-19-17-41-23-35(47)37-43-31-15-13-27(21-33(31)45-37)11-12-28-14-16-32-34(22-28)46-38(44-32)36-24-42-18-20-48(36)40(50)52-26-30-9-5-2-6-10-30;2*5-3(6,7)1(11)2(12)4(8,9)10/h1-10,13-16,21-22,35-36,41-42H,11-12,17-20,23-26H2,(H,43,45)(H,44,46);;/t35-,36-;;/m0../s1. The third-order valence-electron chi connectivity index (χ3n) is 11.3. The lowest BCUT2D eigenvalue weighted by Gasteiger charge is -2.34. The Hall–Kier alpha value is -7.88. The van der Waals surface area contributed by atoms with E-state index in [0.29, 0.717) is 39.3 Å². The lowest BCUT2D eigenvalue weighted by Crippen LogP contribution is -2.49. The highest BCUT2D eigenvalue weighted by atomic mass is 19.4. The van der Waals surface area contributed by atoms with Crippen LogP contribution in [0.2, 0.25) is 0 Å². The van der Waals surface area contributed by atoms with E-state index in [4.69, 9.17) is 19.4 Å². The molecule has 2 aliphatic rings. The van der Waals surface area contributed by atoms with E-state index < -0.39 is 47.8 Å². The zero-order valence-electron chi connectivity index (χ0n) is 39.1. The maximum Gasteiger partial charge on any atom is 0.458 e. The number of Topliss-reactive ketones (excluding diaryl/α,β-unsaturated/α-hetero) is 4. The van der Waals surface area contributed by atoms with Crippen LogP contribution in [0.15, 0.2) is 97.1 Å². The molecule has 2 fully saturated rings. The number of hydrogen-bond donors (Lipinski definition) is 4. The molecule has 8 rings (SSSR count). The molecule has 406 valence electrons. The van der Waals surface area contributed by atoms with Gasteiger partial charge in [0, 0.05) is 39.3 Å². The number of aryl methyl sites for hydroxylation is 2. The summed E-state index contributed by atoms with van der Waals surface area (Å²) < 4.78 is 145. The quantitative estimate of drug-likeness (QED) is 0.0714. The number of carbonyl (C=O) groups excluding carboxylic acids is 6. The topological polar surface area (TPSA) is 209 Å². The summed E-state index contributed by atoms with van der Waals surface area (Å²) >= 11 is 0. The van der Waals surface area contributed by atoms with E-state index in [-0.39, 0.29) is 37.5 Å². The van der Waals surface area contributed by atoms with Crippen molar-refractivity contribution in [1.82, 2.24) is 40.4 Å². The number of alkyl halides is 12. The maximum absolute atomic E-state index is 13.1. The zero-order valence-corrected chi connectivity index (χ0v) is 39.1. The lowest BCUT2D eigenvalue weighted by molar-refractivity contribution is -0.193. The number of halogens is 12. The average Bonchev–Trinajstić information content (AvgIpc) is 4.02. The molecule has 2 atom stereocenters. The summed E-state index contributed by atoms with van der Waals surface area (Å²) in [5.41, 5.74) is 7.89. The Morgan fingerprint density at radius 2 is 0.803 bits per heavy atom. The molecule has 0 aliphatic carbocycles. The van der Waals surface area contributed by atoms with Gasteiger partial charge in [0.25, 0.3) is 0 Å². The maximum atomic E-state index is 13.1. The van der Waals surface area contributed by atoms with Crippen LogP contribution in [0.3, 0.4) is 0 Å². The molecule has 28 heteroatoms. The molecule has 2 aliphatic heterocycles. The number of ketones is 4. The molecule has 0 radical (unpaired) electrons. The van der Waals surface area contributed by atoms with E-state index in [2.05, 4.69) is 44.9 Å². The molecule has 0 spiro atoms. The molecular weight excluding hydrogens is 1040 g/mol. The number of ether oxygens (including phenoxy) is 2. The first kappa shape index (κ1) is 57.4. The first-order chi connectivity index (χ1) is 35.7. The van der Waals surface area contributed by atoms with Crippen molar-refractivity contribution in [2.75, 3.05) is 39.3 Å². The van der Waals surface area contributed by atoms with Crippen molar-refractivity contribution in [3.05, 3.63) is 131 Å². The van der Waals surface area contributed by atoms with Gasteiger partial charge in [-0.05, 0) is 59.4 Å². The van der Waals surface area contributed by atoms with E-state index in [0.717, 1.165) is 57.7 Å². The van der Waals surface area contributed by atoms with E-state index in [9.17, 15) is 81.5 Å². The molecule has 2 amide bonds. The molecule has 0 unspecified atom stereocenters. The number of aromatic nitrogens is 4.